The van der Waals surface area contributed by atoms with Gasteiger partial charge in [0.25, 0.3) is 0 Å². The lowest BCUT2D eigenvalue weighted by Gasteiger charge is -2.27. The number of phenols is 2. The van der Waals surface area contributed by atoms with Crippen molar-refractivity contribution in [2.75, 3.05) is 0 Å². The molecule has 8 bridgehead atoms. The van der Waals surface area contributed by atoms with Gasteiger partial charge < -0.3 is 14.4 Å². The number of rotatable bonds is 2. The van der Waals surface area contributed by atoms with Crippen LogP contribution < -0.4 is 4.18 Å². The Morgan fingerprint density at radius 2 is 0.783 bits per heavy atom. The number of fused-ring (bicyclic) bond motifs is 8. The standard InChI is InChI=1S/C50H63F3O5SSi/c1-46(2,3)38-22-30-18-32-24-39(47(4,5)6)26-34(43(32)54)20-36-28-41(49(10,11)12)29-37(45(36)58-59(56,57)50(51,52)53)21-35-27-40(48(7,8)9)25-33(44(35)55)19-31(23-38)42(30)16-17-60(13,14)15/h22-29,54-55H,18-21H2,1-15H3. The van der Waals surface area contributed by atoms with Crippen LogP contribution in [0.1, 0.15) is 155 Å². The van der Waals surface area contributed by atoms with Crippen molar-refractivity contribution in [3.8, 4) is 28.7 Å². The summed E-state index contributed by atoms with van der Waals surface area (Å²) >= 11 is 0. The van der Waals surface area contributed by atoms with E-state index in [0.717, 1.165) is 38.9 Å². The van der Waals surface area contributed by atoms with Crippen molar-refractivity contribution in [2.24, 2.45) is 0 Å². The highest BCUT2D eigenvalue weighted by molar-refractivity contribution is 7.88. The molecular formula is C50H63F3O5SSi. The minimum absolute atomic E-state index is 0.0352. The summed E-state index contributed by atoms with van der Waals surface area (Å²) in [4.78, 5) is 0. The normalized spacial score (nSPS) is 14.4. The van der Waals surface area contributed by atoms with Gasteiger partial charge in [-0.05, 0) is 77.3 Å². The van der Waals surface area contributed by atoms with Gasteiger partial charge in [0, 0.05) is 42.4 Å². The summed E-state index contributed by atoms with van der Waals surface area (Å²) in [6.45, 7) is 31.2. The van der Waals surface area contributed by atoms with Crippen LogP contribution in [-0.4, -0.2) is 32.2 Å². The molecule has 0 unspecified atom stereocenters. The van der Waals surface area contributed by atoms with Gasteiger partial charge in [0.15, 0.2) is 0 Å². The van der Waals surface area contributed by atoms with Crippen LogP contribution in [0.25, 0.3) is 0 Å². The van der Waals surface area contributed by atoms with Crippen LogP contribution in [0, 0.1) is 11.5 Å². The van der Waals surface area contributed by atoms with Crippen molar-refractivity contribution in [1.82, 2.24) is 0 Å². The van der Waals surface area contributed by atoms with E-state index in [-0.39, 0.29) is 53.7 Å². The number of phenolic OH excluding ortho intramolecular Hbond substituents is 2. The Kier molecular flexibility index (Phi) is 12.2. The summed E-state index contributed by atoms with van der Waals surface area (Å²) in [7, 11) is -8.04. The predicted molar refractivity (Wildman–Crippen MR) is 241 cm³/mol. The van der Waals surface area contributed by atoms with E-state index >= 15 is 0 Å². The maximum absolute atomic E-state index is 14.2. The third-order valence-corrected chi connectivity index (χ3v) is 12.9. The van der Waals surface area contributed by atoms with Crippen LogP contribution in [-0.2, 0) is 57.5 Å². The molecule has 5 rings (SSSR count). The van der Waals surface area contributed by atoms with Crippen molar-refractivity contribution in [2.45, 2.75) is 156 Å². The summed E-state index contributed by atoms with van der Waals surface area (Å²) in [6.07, 6.45) is 0.288. The molecule has 0 amide bonds. The molecule has 0 spiro atoms. The quantitative estimate of drug-likeness (QED) is 0.0799. The Labute approximate surface area is 357 Å². The zero-order valence-corrected chi connectivity index (χ0v) is 39.9. The molecule has 0 atom stereocenters. The molecule has 0 heterocycles. The van der Waals surface area contributed by atoms with Crippen LogP contribution in [0.3, 0.4) is 0 Å². The lowest BCUT2D eigenvalue weighted by atomic mass is 9.78. The molecule has 0 fully saturated rings. The van der Waals surface area contributed by atoms with E-state index in [4.69, 9.17) is 4.18 Å². The second-order valence-electron chi connectivity index (χ2n) is 21.8. The zero-order chi connectivity index (χ0) is 45.3. The van der Waals surface area contributed by atoms with Crippen LogP contribution >= 0.6 is 0 Å². The molecule has 0 aromatic heterocycles. The highest BCUT2D eigenvalue weighted by Gasteiger charge is 2.49. The van der Waals surface area contributed by atoms with Gasteiger partial charge >= 0.3 is 15.6 Å². The van der Waals surface area contributed by atoms with E-state index in [1.54, 1.807) is 12.1 Å². The molecule has 0 saturated heterocycles. The number of halogens is 3. The average molecular weight is 861 g/mol. The SMILES string of the molecule is CC(C)(C)c1cc2c(O)c(c1)Cc1cc(C(C)(C)C)cc(c1OS(=O)(=O)C(F)(F)F)Cc1cc(C(C)(C)C)cc(c1O)Cc1cc(C(C)(C)C)cc(c1C#C[Si](C)(C)C)C2. The topological polar surface area (TPSA) is 83.8 Å². The minimum Gasteiger partial charge on any atom is -0.507 e. The fraction of sp³-hybridized carbons (Fsp3) is 0.480. The fourth-order valence-electron chi connectivity index (χ4n) is 7.35. The van der Waals surface area contributed by atoms with E-state index in [1.165, 1.54) is 0 Å². The second kappa shape index (κ2) is 15.6. The summed E-state index contributed by atoms with van der Waals surface area (Å²) in [5, 5.41) is 24.6. The summed E-state index contributed by atoms with van der Waals surface area (Å²) < 4.78 is 73.7. The van der Waals surface area contributed by atoms with E-state index in [9.17, 15) is 31.8 Å². The van der Waals surface area contributed by atoms with Gasteiger partial charge in [0.1, 0.15) is 25.3 Å². The molecule has 10 heteroatoms. The Balaban J connectivity index is 2.03. The van der Waals surface area contributed by atoms with E-state index in [2.05, 4.69) is 106 Å². The molecule has 1 aliphatic carbocycles. The summed E-state index contributed by atoms with van der Waals surface area (Å²) in [5.74, 6) is 3.06. The number of benzene rings is 4. The summed E-state index contributed by atoms with van der Waals surface area (Å²) in [5.41, 5.74) is 4.87. The van der Waals surface area contributed by atoms with Crippen LogP contribution in [0.5, 0.6) is 17.2 Å². The highest BCUT2D eigenvalue weighted by Crippen LogP contribution is 2.43. The number of hydrogen-bond acceptors (Lipinski definition) is 5. The Morgan fingerprint density at radius 1 is 0.517 bits per heavy atom. The third-order valence-electron chi connectivity index (χ3n) is 11.1. The second-order valence-corrected chi connectivity index (χ2v) is 28.1. The highest BCUT2D eigenvalue weighted by atomic mass is 32.2. The van der Waals surface area contributed by atoms with Crippen LogP contribution in [0.15, 0.2) is 48.5 Å². The van der Waals surface area contributed by atoms with Gasteiger partial charge in [0.2, 0.25) is 0 Å². The van der Waals surface area contributed by atoms with E-state index < -0.39 is 45.7 Å². The fourth-order valence-corrected chi connectivity index (χ4v) is 8.38. The first kappa shape index (κ1) is 46.9. The molecule has 4 aromatic carbocycles. The van der Waals surface area contributed by atoms with Gasteiger partial charge in [-0.25, -0.2) is 0 Å². The first-order valence-electron chi connectivity index (χ1n) is 20.6. The zero-order valence-electron chi connectivity index (χ0n) is 38.1. The first-order valence-corrected chi connectivity index (χ1v) is 25.5. The lowest BCUT2D eigenvalue weighted by Crippen LogP contribution is -2.29. The van der Waals surface area contributed by atoms with Gasteiger partial charge in [-0.3, -0.25) is 0 Å². The molecule has 0 radical (unpaired) electrons. The van der Waals surface area contributed by atoms with Gasteiger partial charge in [-0.15, -0.1) is 5.54 Å². The number of alkyl halides is 3. The van der Waals surface area contributed by atoms with Crippen molar-refractivity contribution < 1.29 is 36.0 Å². The van der Waals surface area contributed by atoms with Gasteiger partial charge in [0.05, 0.1) is 0 Å². The van der Waals surface area contributed by atoms with Crippen LogP contribution in [0.2, 0.25) is 19.6 Å². The van der Waals surface area contributed by atoms with E-state index in [0.29, 0.717) is 22.3 Å². The molecule has 1 aliphatic rings. The van der Waals surface area contributed by atoms with Crippen molar-refractivity contribution in [1.29, 1.82) is 0 Å². The molecule has 4 aromatic rings. The monoisotopic (exact) mass is 860 g/mol. The molecule has 324 valence electrons. The Hall–Kier alpha value is -4.20. The minimum atomic E-state index is -6.14. The van der Waals surface area contributed by atoms with Gasteiger partial charge in [-0.1, -0.05) is 157 Å². The number of aromatic hydroxyl groups is 2. The Morgan fingerprint density at radius 3 is 1.05 bits per heavy atom. The van der Waals surface area contributed by atoms with E-state index in [1.807, 2.05) is 45.0 Å². The van der Waals surface area contributed by atoms with Crippen molar-refractivity contribution >= 4 is 18.2 Å². The molecule has 2 N–H and O–H groups in total. The first-order chi connectivity index (χ1) is 27.0. The van der Waals surface area contributed by atoms with Gasteiger partial charge in [-0.2, -0.15) is 21.6 Å². The van der Waals surface area contributed by atoms with Crippen molar-refractivity contribution in [3.63, 3.8) is 0 Å². The smallest absolute Gasteiger partial charge is 0.507 e. The molecule has 60 heavy (non-hydrogen) atoms. The average Bonchev–Trinajstić information content (AvgIpc) is 3.05. The predicted octanol–water partition coefficient (Wildman–Crippen LogP) is 12.4. The van der Waals surface area contributed by atoms with Crippen molar-refractivity contribution in [3.05, 3.63) is 121 Å². The maximum atomic E-state index is 14.2. The largest absolute Gasteiger partial charge is 0.534 e. The molecule has 0 aliphatic heterocycles. The third kappa shape index (κ3) is 10.4. The lowest BCUT2D eigenvalue weighted by molar-refractivity contribution is -0.0500. The summed E-state index contributed by atoms with van der Waals surface area (Å²) in [6, 6.07) is 15.3. The maximum Gasteiger partial charge on any atom is 0.534 e. The number of hydrogen-bond donors (Lipinski definition) is 2. The molecule has 5 nitrogen and oxygen atoms in total. The molecule has 0 saturated carbocycles. The molecular weight excluding hydrogens is 798 g/mol. The van der Waals surface area contributed by atoms with Crippen LogP contribution in [0.4, 0.5) is 13.2 Å². The Bertz CT molecular complexity index is 2390.